The lowest BCUT2D eigenvalue weighted by Crippen LogP contribution is -2.00. The number of benzene rings is 2. The second kappa shape index (κ2) is 7.55. The smallest absolute Gasteiger partial charge is 0.284 e. The van der Waals surface area contributed by atoms with Crippen molar-refractivity contribution in [1.29, 1.82) is 0 Å². The number of hydrogen-bond acceptors (Lipinski definition) is 8. The van der Waals surface area contributed by atoms with Crippen LogP contribution in [-0.4, -0.2) is 26.5 Å². The molecule has 12 heteroatoms. The second-order valence-electron chi connectivity index (χ2n) is 4.52. The van der Waals surface area contributed by atoms with E-state index in [4.69, 9.17) is 10.5 Å². The van der Waals surface area contributed by atoms with Crippen molar-refractivity contribution >= 4 is 49.4 Å². The Kier molecular flexibility index (Phi) is 5.66. The molecule has 0 radical (unpaired) electrons. The van der Waals surface area contributed by atoms with Gasteiger partial charge in [0.05, 0.1) is 36.6 Å². The highest BCUT2D eigenvalue weighted by atomic mass is 79.9. The number of oxime groups is 1. The zero-order valence-corrected chi connectivity index (χ0v) is 15.1. The van der Waals surface area contributed by atoms with Gasteiger partial charge in [0.25, 0.3) is 11.4 Å². The lowest BCUT2D eigenvalue weighted by Gasteiger charge is -2.13. The van der Waals surface area contributed by atoms with Crippen LogP contribution in [0.15, 0.2) is 38.4 Å². The Bertz CT molecular complexity index is 902. The maximum atomic E-state index is 11.4. The first-order valence-corrected chi connectivity index (χ1v) is 7.84. The summed E-state index contributed by atoms with van der Waals surface area (Å²) < 4.78 is 0.376. The van der Waals surface area contributed by atoms with Crippen molar-refractivity contribution in [3.8, 4) is 16.9 Å². The van der Waals surface area contributed by atoms with E-state index in [2.05, 4.69) is 41.9 Å². The number of rotatable bonds is 5. The van der Waals surface area contributed by atoms with Crippen LogP contribution in [0.3, 0.4) is 0 Å². The zero-order chi connectivity index (χ0) is 18.7. The van der Waals surface area contributed by atoms with Crippen LogP contribution in [0.1, 0.15) is 5.56 Å². The summed E-state index contributed by atoms with van der Waals surface area (Å²) in [5, 5.41) is 43.0. The van der Waals surface area contributed by atoms with Gasteiger partial charge in [0.15, 0.2) is 5.75 Å². The monoisotopic (exact) mass is 475 g/mol. The standard InChI is InChI=1S/C13H7Br2N3O7/c14-9-3-6(5-16-19)11(12(15)13(9)25-24)8-2-1-7(17(20)21)4-10(8)18(22)23/h1-5,19,24H. The molecule has 2 aromatic carbocycles. The van der Waals surface area contributed by atoms with Gasteiger partial charge in [-0.2, -0.15) is 0 Å². The molecule has 0 spiro atoms. The first-order valence-electron chi connectivity index (χ1n) is 6.25. The molecule has 0 aromatic heterocycles. The van der Waals surface area contributed by atoms with E-state index < -0.39 is 21.2 Å². The summed E-state index contributed by atoms with van der Waals surface area (Å²) in [5.74, 6) is -0.0854. The second-order valence-corrected chi connectivity index (χ2v) is 6.16. The van der Waals surface area contributed by atoms with Crippen LogP contribution < -0.4 is 4.89 Å². The van der Waals surface area contributed by atoms with Crippen molar-refractivity contribution in [2.24, 2.45) is 5.16 Å². The maximum absolute atomic E-state index is 11.4. The Morgan fingerprint density at radius 2 is 1.84 bits per heavy atom. The van der Waals surface area contributed by atoms with Gasteiger partial charge in [-0.15, -0.1) is 0 Å². The molecular weight excluding hydrogens is 470 g/mol. The lowest BCUT2D eigenvalue weighted by molar-refractivity contribution is -0.393. The van der Waals surface area contributed by atoms with Crippen molar-refractivity contribution in [3.05, 3.63) is 59.0 Å². The summed E-state index contributed by atoms with van der Waals surface area (Å²) in [5.41, 5.74) is -0.665. The quantitative estimate of drug-likeness (QED) is 0.214. The SMILES string of the molecule is O=[N+]([O-])c1ccc(-c2c(C=NO)cc(Br)c(OO)c2Br)c([N+](=O)[O-])c1. The third-order valence-electron chi connectivity index (χ3n) is 3.15. The van der Waals surface area contributed by atoms with Crippen LogP contribution in [0.5, 0.6) is 5.75 Å². The number of nitro groups is 2. The Morgan fingerprint density at radius 3 is 2.36 bits per heavy atom. The average molecular weight is 477 g/mol. The van der Waals surface area contributed by atoms with E-state index in [-0.39, 0.29) is 31.4 Å². The van der Waals surface area contributed by atoms with Gasteiger partial charge in [-0.3, -0.25) is 20.2 Å². The largest absolute Gasteiger partial charge is 0.411 e. The van der Waals surface area contributed by atoms with E-state index in [1.54, 1.807) is 0 Å². The van der Waals surface area contributed by atoms with Crippen LogP contribution in [0.4, 0.5) is 11.4 Å². The summed E-state index contributed by atoms with van der Waals surface area (Å²) in [7, 11) is 0. The summed E-state index contributed by atoms with van der Waals surface area (Å²) in [6.45, 7) is 0. The Balaban J connectivity index is 2.90. The highest BCUT2D eigenvalue weighted by Gasteiger charge is 2.26. The number of nitro benzene ring substituents is 2. The molecule has 0 saturated heterocycles. The predicted molar refractivity (Wildman–Crippen MR) is 93.2 cm³/mol. The molecule has 0 bridgehead atoms. The molecule has 2 N–H and O–H groups in total. The first-order chi connectivity index (χ1) is 11.8. The normalized spacial score (nSPS) is 10.8. The average Bonchev–Trinajstić information content (AvgIpc) is 2.55. The van der Waals surface area contributed by atoms with Gasteiger partial charge >= 0.3 is 0 Å². The molecular formula is C13H7Br2N3O7. The van der Waals surface area contributed by atoms with Crippen molar-refractivity contribution < 1.29 is 25.2 Å². The van der Waals surface area contributed by atoms with Gasteiger partial charge in [0.1, 0.15) is 0 Å². The highest BCUT2D eigenvalue weighted by Crippen LogP contribution is 2.45. The minimum absolute atomic E-state index is 0.0109. The van der Waals surface area contributed by atoms with Gasteiger partial charge in [-0.05, 0) is 44.0 Å². The first kappa shape index (κ1) is 18.8. The molecule has 0 heterocycles. The third-order valence-corrected chi connectivity index (χ3v) is 4.50. The summed E-state index contributed by atoms with van der Waals surface area (Å²) in [6, 6.07) is 4.47. The van der Waals surface area contributed by atoms with Gasteiger partial charge in [0, 0.05) is 17.2 Å². The molecule has 0 aliphatic rings. The molecule has 0 unspecified atom stereocenters. The van der Waals surface area contributed by atoms with Crippen LogP contribution >= 0.6 is 31.9 Å². The zero-order valence-electron chi connectivity index (χ0n) is 11.9. The van der Waals surface area contributed by atoms with Crippen molar-refractivity contribution in [3.63, 3.8) is 0 Å². The molecule has 0 atom stereocenters. The fourth-order valence-corrected chi connectivity index (χ4v) is 3.65. The predicted octanol–water partition coefficient (Wildman–Crippen LogP) is 4.35. The van der Waals surface area contributed by atoms with Crippen LogP contribution in [0.2, 0.25) is 0 Å². The Morgan fingerprint density at radius 1 is 1.16 bits per heavy atom. The van der Waals surface area contributed by atoms with Crippen molar-refractivity contribution in [2.75, 3.05) is 0 Å². The van der Waals surface area contributed by atoms with E-state index >= 15 is 0 Å². The molecule has 2 rings (SSSR count). The summed E-state index contributed by atoms with van der Waals surface area (Å²) in [4.78, 5) is 24.9. The van der Waals surface area contributed by atoms with E-state index in [1.165, 1.54) is 12.1 Å². The molecule has 0 fully saturated rings. The minimum atomic E-state index is -0.782. The van der Waals surface area contributed by atoms with E-state index in [9.17, 15) is 20.2 Å². The molecule has 25 heavy (non-hydrogen) atoms. The Hall–Kier alpha value is -2.57. The van der Waals surface area contributed by atoms with E-state index in [0.29, 0.717) is 0 Å². The highest BCUT2D eigenvalue weighted by molar-refractivity contribution is 9.11. The number of halogens is 2. The molecule has 0 aliphatic heterocycles. The van der Waals surface area contributed by atoms with Crippen molar-refractivity contribution in [2.45, 2.75) is 0 Å². The number of non-ortho nitro benzene ring substituents is 1. The fourth-order valence-electron chi connectivity index (χ4n) is 2.14. The maximum Gasteiger partial charge on any atom is 0.284 e. The van der Waals surface area contributed by atoms with Gasteiger partial charge in [-0.25, -0.2) is 5.26 Å². The van der Waals surface area contributed by atoms with Gasteiger partial charge in [-0.1, -0.05) is 5.16 Å². The summed E-state index contributed by atoms with van der Waals surface area (Å²) >= 11 is 6.30. The molecule has 10 nitrogen and oxygen atoms in total. The molecule has 2 aromatic rings. The Labute approximate surface area is 155 Å². The molecule has 0 amide bonds. The van der Waals surface area contributed by atoms with E-state index in [0.717, 1.165) is 18.3 Å². The van der Waals surface area contributed by atoms with Gasteiger partial charge < -0.3 is 10.1 Å². The topological polar surface area (TPSA) is 148 Å². The lowest BCUT2D eigenvalue weighted by atomic mass is 9.98. The fraction of sp³-hybridized carbons (Fsp3) is 0. The van der Waals surface area contributed by atoms with Crippen LogP contribution in [0.25, 0.3) is 11.1 Å². The van der Waals surface area contributed by atoms with Gasteiger partial charge in [0.2, 0.25) is 0 Å². The molecule has 0 saturated carbocycles. The molecule has 0 aliphatic carbocycles. The number of hydrogen-bond donors (Lipinski definition) is 2. The van der Waals surface area contributed by atoms with Crippen LogP contribution in [0, 0.1) is 20.2 Å². The van der Waals surface area contributed by atoms with E-state index in [1.807, 2.05) is 0 Å². The molecule has 130 valence electrons. The third kappa shape index (κ3) is 3.60. The van der Waals surface area contributed by atoms with Crippen molar-refractivity contribution in [1.82, 2.24) is 0 Å². The number of nitrogens with zero attached hydrogens (tertiary/aromatic N) is 3. The summed E-state index contributed by atoms with van der Waals surface area (Å²) in [6.07, 6.45) is 1.01. The van der Waals surface area contributed by atoms with Crippen LogP contribution in [-0.2, 0) is 0 Å². The minimum Gasteiger partial charge on any atom is -0.411 e.